The third kappa shape index (κ3) is 6.97. The van der Waals surface area contributed by atoms with Crippen LogP contribution < -0.4 is 32.4 Å². The number of anilines is 2. The van der Waals surface area contributed by atoms with Crippen LogP contribution in [0, 0.1) is 0 Å². The lowest BCUT2D eigenvalue weighted by Crippen LogP contribution is -2.48. The van der Waals surface area contributed by atoms with Crippen molar-refractivity contribution in [2.75, 3.05) is 10.9 Å². The molecule has 0 fully saturated rings. The minimum absolute atomic E-state index is 0.238. The topological polar surface area (TPSA) is 237 Å². The normalized spacial score (nSPS) is 13.0. The SMILES string of the molecule is O=c1c(N=Nc2cc(S(=O)(=O)O)cc3cc(S(=O)(=O)O)cc(O)c23)c/c(=N\Nc2ccccc2)c(=O)/c1=N\Nc1ccccc1. The Morgan fingerprint density at radius 1 is 0.600 bits per heavy atom. The fourth-order valence-corrected chi connectivity index (χ4v) is 5.11. The van der Waals surface area contributed by atoms with Gasteiger partial charge in [0.2, 0.25) is 10.9 Å². The smallest absolute Gasteiger partial charge is 0.294 e. The van der Waals surface area contributed by atoms with Gasteiger partial charge in [-0.15, -0.1) is 10.2 Å². The van der Waals surface area contributed by atoms with Crippen LogP contribution in [0.3, 0.4) is 0 Å². The zero-order valence-electron chi connectivity index (χ0n) is 22.6. The second-order valence-electron chi connectivity index (χ2n) is 9.23. The summed E-state index contributed by atoms with van der Waals surface area (Å²) in [5.41, 5.74) is 3.52. The van der Waals surface area contributed by atoms with Crippen LogP contribution in [0.5, 0.6) is 5.75 Å². The molecule has 0 heterocycles. The molecule has 228 valence electrons. The number of hydrogen-bond donors (Lipinski definition) is 5. The second kappa shape index (κ2) is 12.2. The molecule has 0 bridgehead atoms. The maximum Gasteiger partial charge on any atom is 0.294 e. The number of nitrogens with zero attached hydrogens (tertiary/aromatic N) is 4. The second-order valence-corrected chi connectivity index (χ2v) is 12.1. The van der Waals surface area contributed by atoms with Gasteiger partial charge < -0.3 is 5.11 Å². The van der Waals surface area contributed by atoms with Crippen molar-refractivity contribution in [2.24, 2.45) is 20.4 Å². The first-order chi connectivity index (χ1) is 21.3. The molecule has 0 aliphatic heterocycles. The van der Waals surface area contributed by atoms with Crippen molar-refractivity contribution in [1.82, 2.24) is 0 Å². The molecule has 0 unspecified atom stereocenters. The van der Waals surface area contributed by atoms with Gasteiger partial charge in [0.05, 0.1) is 32.2 Å². The summed E-state index contributed by atoms with van der Waals surface area (Å²) in [6.45, 7) is 0. The first-order valence-corrected chi connectivity index (χ1v) is 15.5. The number of fused-ring (bicyclic) bond motifs is 1. The van der Waals surface area contributed by atoms with Crippen molar-refractivity contribution >= 4 is 53.8 Å². The quantitative estimate of drug-likeness (QED) is 0.0931. The van der Waals surface area contributed by atoms with Crippen LogP contribution in [0.1, 0.15) is 0 Å². The van der Waals surface area contributed by atoms with Gasteiger partial charge in [-0.2, -0.15) is 27.0 Å². The van der Waals surface area contributed by atoms with E-state index < -0.39 is 63.4 Å². The highest BCUT2D eigenvalue weighted by molar-refractivity contribution is 7.86. The van der Waals surface area contributed by atoms with E-state index in [1.165, 1.54) is 0 Å². The molecular formula is C28H20N6O9S2. The van der Waals surface area contributed by atoms with E-state index in [2.05, 4.69) is 31.3 Å². The summed E-state index contributed by atoms with van der Waals surface area (Å²) in [5.74, 6) is -0.751. The lowest BCUT2D eigenvalue weighted by molar-refractivity contribution is 0.471. The zero-order valence-corrected chi connectivity index (χ0v) is 24.2. The summed E-state index contributed by atoms with van der Waals surface area (Å²) >= 11 is 0. The highest BCUT2D eigenvalue weighted by Crippen LogP contribution is 2.38. The minimum Gasteiger partial charge on any atom is -0.507 e. The molecule has 45 heavy (non-hydrogen) atoms. The van der Waals surface area contributed by atoms with Gasteiger partial charge in [-0.3, -0.25) is 29.5 Å². The third-order valence-electron chi connectivity index (χ3n) is 6.13. The number of aromatic hydroxyl groups is 1. The molecule has 17 heteroatoms. The summed E-state index contributed by atoms with van der Waals surface area (Å²) in [6, 6.07) is 21.2. The molecule has 0 aromatic heterocycles. The average Bonchev–Trinajstić information content (AvgIpc) is 2.99. The first-order valence-electron chi connectivity index (χ1n) is 12.6. The Kier molecular flexibility index (Phi) is 8.34. The van der Waals surface area contributed by atoms with Crippen LogP contribution in [0.4, 0.5) is 22.7 Å². The predicted octanol–water partition coefficient (Wildman–Crippen LogP) is 2.91. The van der Waals surface area contributed by atoms with Crippen molar-refractivity contribution in [3.8, 4) is 5.75 Å². The molecule has 0 saturated heterocycles. The fraction of sp³-hybridized carbons (Fsp3) is 0. The van der Waals surface area contributed by atoms with Gasteiger partial charge in [0.15, 0.2) is 5.36 Å². The van der Waals surface area contributed by atoms with E-state index in [1.807, 2.05) is 0 Å². The molecule has 5 aromatic rings. The van der Waals surface area contributed by atoms with Crippen LogP contribution in [0.25, 0.3) is 10.8 Å². The van der Waals surface area contributed by atoms with Crippen LogP contribution in [0.15, 0.2) is 131 Å². The van der Waals surface area contributed by atoms with Crippen molar-refractivity contribution < 1.29 is 31.0 Å². The number of nitrogens with one attached hydrogen (secondary N) is 2. The lowest BCUT2D eigenvalue weighted by atomic mass is 10.1. The van der Waals surface area contributed by atoms with E-state index in [1.54, 1.807) is 60.7 Å². The molecule has 0 spiro atoms. The van der Waals surface area contributed by atoms with Gasteiger partial charge in [-0.05, 0) is 47.9 Å². The average molecular weight is 649 g/mol. The van der Waals surface area contributed by atoms with Crippen LogP contribution in [-0.4, -0.2) is 31.0 Å². The first kappa shape index (κ1) is 30.8. The van der Waals surface area contributed by atoms with Crippen molar-refractivity contribution in [1.29, 1.82) is 0 Å². The summed E-state index contributed by atoms with van der Waals surface area (Å²) in [4.78, 5) is 25.0. The molecule has 5 N–H and O–H groups in total. The fourth-order valence-electron chi connectivity index (χ4n) is 4.04. The van der Waals surface area contributed by atoms with E-state index in [0.717, 1.165) is 24.3 Å². The Morgan fingerprint density at radius 3 is 1.67 bits per heavy atom. The Bertz CT molecular complexity index is 2420. The lowest BCUT2D eigenvalue weighted by Gasteiger charge is -2.09. The minimum atomic E-state index is -4.90. The standard InChI is InChI=1S/C28H20N6O9S2/c35-24-14-20(45(41,42)43)12-16-11-19(44(38,39)40)13-21(25(16)24)31-33-23-15-22(32-29-17-7-3-1-4-8-17)27(36)26(28(23)37)34-30-18-9-5-2-6-10-18/h1-15,29-30,35H,(H,38,39,40)(H,41,42,43)/b32-22+,33-31?,34-26+. The van der Waals surface area contributed by atoms with Crippen molar-refractivity contribution in [3.05, 3.63) is 122 Å². The number of phenolic OH excluding ortho intramolecular Hbond substituents is 1. The maximum atomic E-state index is 13.3. The number of benzene rings is 5. The highest BCUT2D eigenvalue weighted by Gasteiger charge is 2.20. The Hall–Kier alpha value is -5.62. The van der Waals surface area contributed by atoms with Crippen molar-refractivity contribution in [3.63, 3.8) is 0 Å². The molecule has 0 aliphatic carbocycles. The number of rotatable bonds is 8. The Morgan fingerprint density at radius 2 is 1.11 bits per heavy atom. The highest BCUT2D eigenvalue weighted by atomic mass is 32.2. The third-order valence-corrected chi connectivity index (χ3v) is 7.80. The summed E-state index contributed by atoms with van der Waals surface area (Å²) in [5, 5.41) is 25.0. The molecule has 15 nitrogen and oxygen atoms in total. The van der Waals surface area contributed by atoms with Crippen molar-refractivity contribution in [2.45, 2.75) is 9.79 Å². The molecule has 0 radical (unpaired) electrons. The Labute approximate surface area is 253 Å². The molecule has 0 amide bonds. The predicted molar refractivity (Wildman–Crippen MR) is 162 cm³/mol. The van der Waals surface area contributed by atoms with E-state index in [-0.39, 0.29) is 16.1 Å². The van der Waals surface area contributed by atoms with Crippen LogP contribution in [-0.2, 0) is 20.2 Å². The number of para-hydroxylation sites is 2. The molecule has 0 aliphatic rings. The summed E-state index contributed by atoms with van der Waals surface area (Å²) in [7, 11) is -9.73. The van der Waals surface area contributed by atoms with Gasteiger partial charge in [0, 0.05) is 12.1 Å². The number of hydrogen-bond acceptors (Lipinski definition) is 13. The van der Waals surface area contributed by atoms with Gasteiger partial charge in [-0.25, -0.2) is 0 Å². The van der Waals surface area contributed by atoms with E-state index >= 15 is 0 Å². The monoisotopic (exact) mass is 648 g/mol. The van der Waals surface area contributed by atoms with Gasteiger partial charge in [0.1, 0.15) is 16.8 Å². The molecular weight excluding hydrogens is 628 g/mol. The number of azo groups is 1. The van der Waals surface area contributed by atoms with Crippen LogP contribution in [0.2, 0.25) is 0 Å². The molecule has 0 atom stereocenters. The Balaban J connectivity index is 1.72. The van der Waals surface area contributed by atoms with Gasteiger partial charge >= 0.3 is 0 Å². The molecule has 5 rings (SSSR count). The zero-order chi connectivity index (χ0) is 32.4. The molecule has 0 saturated carbocycles. The van der Waals surface area contributed by atoms with Gasteiger partial charge in [-0.1, -0.05) is 36.4 Å². The molecule has 5 aromatic carbocycles. The van der Waals surface area contributed by atoms with E-state index in [4.69, 9.17) is 0 Å². The van der Waals surface area contributed by atoms with Crippen LogP contribution >= 0.6 is 0 Å². The van der Waals surface area contributed by atoms with E-state index in [0.29, 0.717) is 17.4 Å². The maximum absolute atomic E-state index is 13.3. The summed E-state index contributed by atoms with van der Waals surface area (Å²) < 4.78 is 66.3. The summed E-state index contributed by atoms with van der Waals surface area (Å²) in [6.07, 6.45) is 0. The largest absolute Gasteiger partial charge is 0.507 e. The van der Waals surface area contributed by atoms with E-state index in [9.17, 15) is 40.6 Å². The van der Waals surface area contributed by atoms with Gasteiger partial charge in [0.25, 0.3) is 20.2 Å². The number of phenols is 1.